The lowest BCUT2D eigenvalue weighted by molar-refractivity contribution is 0.318. The van der Waals surface area contributed by atoms with Crippen LogP contribution in [-0.4, -0.2) is 4.98 Å². The first-order chi connectivity index (χ1) is 8.07. The molecule has 2 rings (SSSR count). The Labute approximate surface area is 103 Å². The van der Waals surface area contributed by atoms with Gasteiger partial charge in [-0.05, 0) is 24.5 Å². The van der Waals surface area contributed by atoms with Gasteiger partial charge in [0.25, 0.3) is 0 Å². The van der Waals surface area contributed by atoms with Gasteiger partial charge in [-0.15, -0.1) is 0 Å². The molecule has 0 spiro atoms. The Morgan fingerprint density at radius 1 is 1.29 bits per heavy atom. The molecule has 2 unspecified atom stereocenters. The summed E-state index contributed by atoms with van der Waals surface area (Å²) in [5, 5.41) is 1.16. The molecule has 0 bridgehead atoms. The van der Waals surface area contributed by atoms with E-state index in [1.165, 1.54) is 0 Å². The Hall–Kier alpha value is -1.41. The predicted molar refractivity (Wildman–Crippen MR) is 72.7 cm³/mol. The Morgan fingerprint density at radius 2 is 2.00 bits per heavy atom. The molecule has 2 heteroatoms. The number of hydrogen-bond acceptors (Lipinski definition) is 2. The van der Waals surface area contributed by atoms with E-state index >= 15 is 0 Å². The monoisotopic (exact) mass is 228 g/mol. The maximum absolute atomic E-state index is 6.52. The number of rotatable bonds is 3. The van der Waals surface area contributed by atoms with Gasteiger partial charge in [0, 0.05) is 17.1 Å². The molecule has 2 nitrogen and oxygen atoms in total. The minimum absolute atomic E-state index is 0.331. The second-order valence-corrected chi connectivity index (χ2v) is 4.97. The van der Waals surface area contributed by atoms with Crippen molar-refractivity contribution in [2.45, 2.75) is 32.7 Å². The molecule has 0 fully saturated rings. The lowest BCUT2D eigenvalue weighted by atomic mass is 9.79. The zero-order valence-electron chi connectivity index (χ0n) is 10.8. The molecule has 2 aromatic rings. The second-order valence-electron chi connectivity index (χ2n) is 4.97. The number of benzene rings is 1. The van der Waals surface area contributed by atoms with Crippen LogP contribution in [-0.2, 0) is 5.54 Å². The van der Waals surface area contributed by atoms with Gasteiger partial charge < -0.3 is 5.73 Å². The summed E-state index contributed by atoms with van der Waals surface area (Å²) < 4.78 is 0. The van der Waals surface area contributed by atoms with Crippen LogP contribution in [0.3, 0.4) is 0 Å². The molecule has 2 N–H and O–H groups in total. The standard InChI is InChI=1S/C15H20N2/c1-4-11(2)15(3,16)13-9-5-7-12-8-6-10-17-14(12)13/h5-11H,4,16H2,1-3H3. The van der Waals surface area contributed by atoms with Crippen molar-refractivity contribution in [3.8, 4) is 0 Å². The second kappa shape index (κ2) is 4.46. The first-order valence-electron chi connectivity index (χ1n) is 6.20. The molecule has 90 valence electrons. The van der Waals surface area contributed by atoms with E-state index in [0.29, 0.717) is 5.92 Å². The van der Waals surface area contributed by atoms with Gasteiger partial charge in [-0.25, -0.2) is 0 Å². The summed E-state index contributed by atoms with van der Waals surface area (Å²) in [6.07, 6.45) is 2.90. The number of pyridine rings is 1. The van der Waals surface area contributed by atoms with Crippen molar-refractivity contribution < 1.29 is 0 Å². The van der Waals surface area contributed by atoms with E-state index in [1.54, 1.807) is 0 Å². The molecule has 0 saturated heterocycles. The quantitative estimate of drug-likeness (QED) is 0.873. The SMILES string of the molecule is CCC(C)C(C)(N)c1cccc2cccnc12. The number of hydrogen-bond donors (Lipinski definition) is 1. The third-order valence-electron chi connectivity index (χ3n) is 3.85. The minimum atomic E-state index is -0.331. The molecule has 0 radical (unpaired) electrons. The zero-order chi connectivity index (χ0) is 12.5. The maximum Gasteiger partial charge on any atom is 0.0752 e. The van der Waals surface area contributed by atoms with Crippen LogP contribution in [0.15, 0.2) is 36.5 Å². The van der Waals surface area contributed by atoms with E-state index in [4.69, 9.17) is 5.73 Å². The lowest BCUT2D eigenvalue weighted by Crippen LogP contribution is -2.39. The zero-order valence-corrected chi connectivity index (χ0v) is 10.8. The molecule has 1 aromatic carbocycles. The van der Waals surface area contributed by atoms with E-state index in [-0.39, 0.29) is 5.54 Å². The van der Waals surface area contributed by atoms with E-state index in [0.717, 1.165) is 22.9 Å². The molecule has 0 aliphatic rings. The Morgan fingerprint density at radius 3 is 2.71 bits per heavy atom. The average molecular weight is 228 g/mol. The summed E-state index contributed by atoms with van der Waals surface area (Å²) >= 11 is 0. The van der Waals surface area contributed by atoms with Crippen molar-refractivity contribution in [3.63, 3.8) is 0 Å². The fourth-order valence-corrected chi connectivity index (χ4v) is 2.23. The van der Waals surface area contributed by atoms with Gasteiger partial charge in [-0.2, -0.15) is 0 Å². The molecule has 0 aliphatic carbocycles. The van der Waals surface area contributed by atoms with Crippen LogP contribution in [0.5, 0.6) is 0 Å². The van der Waals surface area contributed by atoms with E-state index in [2.05, 4.69) is 50.0 Å². The van der Waals surface area contributed by atoms with Gasteiger partial charge >= 0.3 is 0 Å². The van der Waals surface area contributed by atoms with Gasteiger partial charge in [0.2, 0.25) is 0 Å². The highest BCUT2D eigenvalue weighted by Crippen LogP contribution is 2.32. The molecule has 17 heavy (non-hydrogen) atoms. The molecule has 2 atom stereocenters. The van der Waals surface area contributed by atoms with Crippen molar-refractivity contribution in [1.29, 1.82) is 0 Å². The van der Waals surface area contributed by atoms with Crippen molar-refractivity contribution in [2.75, 3.05) is 0 Å². The fourth-order valence-electron chi connectivity index (χ4n) is 2.23. The summed E-state index contributed by atoms with van der Waals surface area (Å²) in [4.78, 5) is 4.48. The highest BCUT2D eigenvalue weighted by atomic mass is 14.8. The summed E-state index contributed by atoms with van der Waals surface area (Å²) in [5.41, 5.74) is 8.36. The Balaban J connectivity index is 2.63. The summed E-state index contributed by atoms with van der Waals surface area (Å²) in [6, 6.07) is 10.3. The molecule has 1 heterocycles. The molecule has 0 saturated carbocycles. The number of fused-ring (bicyclic) bond motifs is 1. The predicted octanol–water partition coefficient (Wildman–Crippen LogP) is 3.45. The van der Waals surface area contributed by atoms with Crippen LogP contribution in [0.2, 0.25) is 0 Å². The lowest BCUT2D eigenvalue weighted by Gasteiger charge is -2.32. The first kappa shape index (κ1) is 12.1. The molecular formula is C15H20N2. The average Bonchev–Trinajstić information content (AvgIpc) is 2.37. The van der Waals surface area contributed by atoms with Gasteiger partial charge in [0.05, 0.1) is 5.52 Å². The van der Waals surface area contributed by atoms with Crippen LogP contribution in [0.1, 0.15) is 32.8 Å². The van der Waals surface area contributed by atoms with Crippen LogP contribution < -0.4 is 5.73 Å². The summed E-state index contributed by atoms with van der Waals surface area (Å²) in [5.74, 6) is 0.426. The normalized spacial score (nSPS) is 16.7. The number of nitrogens with two attached hydrogens (primary N) is 1. The third kappa shape index (κ3) is 2.05. The highest BCUT2D eigenvalue weighted by molar-refractivity contribution is 5.82. The van der Waals surface area contributed by atoms with E-state index < -0.39 is 0 Å². The van der Waals surface area contributed by atoms with Gasteiger partial charge in [-0.1, -0.05) is 44.5 Å². The molecule has 0 aliphatic heterocycles. The largest absolute Gasteiger partial charge is 0.321 e. The highest BCUT2D eigenvalue weighted by Gasteiger charge is 2.29. The summed E-state index contributed by atoms with van der Waals surface area (Å²) in [6.45, 7) is 6.47. The number of aromatic nitrogens is 1. The van der Waals surface area contributed by atoms with E-state index in [1.807, 2.05) is 12.3 Å². The van der Waals surface area contributed by atoms with Crippen molar-refractivity contribution >= 4 is 10.9 Å². The molecule has 1 aromatic heterocycles. The van der Waals surface area contributed by atoms with E-state index in [9.17, 15) is 0 Å². The number of para-hydroxylation sites is 1. The van der Waals surface area contributed by atoms with Crippen molar-refractivity contribution in [2.24, 2.45) is 11.7 Å². The van der Waals surface area contributed by atoms with Gasteiger partial charge in [0.15, 0.2) is 0 Å². The first-order valence-corrected chi connectivity index (χ1v) is 6.20. The van der Waals surface area contributed by atoms with Crippen LogP contribution in [0.4, 0.5) is 0 Å². The number of nitrogens with zero attached hydrogens (tertiary/aromatic N) is 1. The fraction of sp³-hybridized carbons (Fsp3) is 0.400. The smallest absolute Gasteiger partial charge is 0.0752 e. The van der Waals surface area contributed by atoms with Crippen molar-refractivity contribution in [1.82, 2.24) is 4.98 Å². The van der Waals surface area contributed by atoms with Crippen LogP contribution in [0.25, 0.3) is 10.9 Å². The molecular weight excluding hydrogens is 208 g/mol. The Bertz CT molecular complexity index is 512. The maximum atomic E-state index is 6.52. The topological polar surface area (TPSA) is 38.9 Å². The van der Waals surface area contributed by atoms with Crippen molar-refractivity contribution in [3.05, 3.63) is 42.1 Å². The van der Waals surface area contributed by atoms with Crippen LogP contribution >= 0.6 is 0 Å². The minimum Gasteiger partial charge on any atom is -0.321 e. The molecule has 0 amide bonds. The Kier molecular flexibility index (Phi) is 3.16. The summed E-state index contributed by atoms with van der Waals surface area (Å²) in [7, 11) is 0. The van der Waals surface area contributed by atoms with Gasteiger partial charge in [-0.3, -0.25) is 4.98 Å². The van der Waals surface area contributed by atoms with Gasteiger partial charge in [0.1, 0.15) is 0 Å². The third-order valence-corrected chi connectivity index (χ3v) is 3.85. The van der Waals surface area contributed by atoms with Crippen LogP contribution in [0, 0.1) is 5.92 Å².